The summed E-state index contributed by atoms with van der Waals surface area (Å²) in [7, 11) is 0. The smallest absolute Gasteiger partial charge is 0.0596 e. The van der Waals surface area contributed by atoms with Gasteiger partial charge in [0.05, 0.1) is 6.10 Å². The summed E-state index contributed by atoms with van der Waals surface area (Å²) in [5, 5.41) is 10.5. The molecule has 0 aromatic heterocycles. The molecule has 21 heavy (non-hydrogen) atoms. The standard InChI is InChI=1S/C20H32O/c1-13-12-14-6-4-5-10-19(14,2)16-9-11-20(3)15(18(13)16)7-8-17(20)21/h12-13,15-18,21H,4-11H2,1-3H3/t13-,15+,16+,17+,18+,19+,20+/m1/s1. The Labute approximate surface area is 130 Å². The monoisotopic (exact) mass is 288 g/mol. The Bertz CT molecular complexity index is 466. The van der Waals surface area contributed by atoms with Crippen LogP contribution < -0.4 is 0 Å². The van der Waals surface area contributed by atoms with Gasteiger partial charge in [-0.05, 0) is 79.4 Å². The lowest BCUT2D eigenvalue weighted by Gasteiger charge is -2.59. The Morgan fingerprint density at radius 1 is 1.05 bits per heavy atom. The van der Waals surface area contributed by atoms with Crippen LogP contribution in [0.5, 0.6) is 0 Å². The summed E-state index contributed by atoms with van der Waals surface area (Å²) in [4.78, 5) is 0. The van der Waals surface area contributed by atoms with E-state index in [0.29, 0.717) is 5.41 Å². The maximum absolute atomic E-state index is 10.5. The van der Waals surface area contributed by atoms with E-state index >= 15 is 0 Å². The molecule has 1 heteroatoms. The molecule has 3 saturated carbocycles. The molecule has 0 amide bonds. The first-order chi connectivity index (χ1) is 9.97. The summed E-state index contributed by atoms with van der Waals surface area (Å²) in [5.41, 5.74) is 2.50. The molecule has 0 aliphatic heterocycles. The molecule has 7 atom stereocenters. The summed E-state index contributed by atoms with van der Waals surface area (Å²) in [6.07, 6.45) is 13.2. The highest BCUT2D eigenvalue weighted by Crippen LogP contribution is 2.65. The molecule has 4 aliphatic carbocycles. The van der Waals surface area contributed by atoms with Gasteiger partial charge in [0.25, 0.3) is 0 Å². The molecule has 0 bridgehead atoms. The maximum Gasteiger partial charge on any atom is 0.0596 e. The summed E-state index contributed by atoms with van der Waals surface area (Å²) in [5.74, 6) is 3.20. The number of aliphatic hydroxyl groups is 1. The van der Waals surface area contributed by atoms with Gasteiger partial charge in [-0.15, -0.1) is 0 Å². The van der Waals surface area contributed by atoms with Crippen LogP contribution in [0.4, 0.5) is 0 Å². The molecule has 1 nitrogen and oxygen atoms in total. The van der Waals surface area contributed by atoms with Crippen molar-refractivity contribution < 1.29 is 5.11 Å². The fourth-order valence-electron chi connectivity index (χ4n) is 7.02. The summed E-state index contributed by atoms with van der Waals surface area (Å²) < 4.78 is 0. The zero-order valence-electron chi connectivity index (χ0n) is 14.1. The highest BCUT2D eigenvalue weighted by atomic mass is 16.3. The number of rotatable bonds is 0. The third-order valence-corrected chi connectivity index (χ3v) is 8.30. The van der Waals surface area contributed by atoms with E-state index < -0.39 is 0 Å². The predicted molar refractivity (Wildman–Crippen MR) is 86.9 cm³/mol. The SMILES string of the molecule is C[C@@H]1C=C2CCCC[C@]2(C)[C@H]2CC[C@]3(C)[C@@H](O)CC[C@H]3[C@H]12. The summed E-state index contributed by atoms with van der Waals surface area (Å²) in [6, 6.07) is 0. The molecule has 1 N–H and O–H groups in total. The predicted octanol–water partition coefficient (Wildman–Crippen LogP) is 4.95. The van der Waals surface area contributed by atoms with Gasteiger partial charge < -0.3 is 5.11 Å². The fourth-order valence-corrected chi connectivity index (χ4v) is 7.02. The molecule has 4 rings (SSSR count). The van der Waals surface area contributed by atoms with Crippen molar-refractivity contribution in [1.82, 2.24) is 0 Å². The van der Waals surface area contributed by atoms with Crippen LogP contribution in [-0.4, -0.2) is 11.2 Å². The van der Waals surface area contributed by atoms with Gasteiger partial charge in [0, 0.05) is 0 Å². The van der Waals surface area contributed by atoms with Crippen LogP contribution >= 0.6 is 0 Å². The van der Waals surface area contributed by atoms with Crippen molar-refractivity contribution in [2.24, 2.45) is 34.5 Å². The molecule has 4 aliphatic rings. The van der Waals surface area contributed by atoms with Crippen molar-refractivity contribution in [2.45, 2.75) is 78.2 Å². The van der Waals surface area contributed by atoms with E-state index in [9.17, 15) is 5.11 Å². The molecule has 3 fully saturated rings. The van der Waals surface area contributed by atoms with Crippen molar-refractivity contribution in [1.29, 1.82) is 0 Å². The number of aliphatic hydroxyl groups excluding tert-OH is 1. The zero-order chi connectivity index (χ0) is 14.8. The van der Waals surface area contributed by atoms with Crippen LogP contribution in [0.1, 0.15) is 72.1 Å². The van der Waals surface area contributed by atoms with E-state index in [4.69, 9.17) is 0 Å². The number of fused-ring (bicyclic) bond motifs is 5. The summed E-state index contributed by atoms with van der Waals surface area (Å²) >= 11 is 0. The quantitative estimate of drug-likeness (QED) is 0.626. The number of hydrogen-bond acceptors (Lipinski definition) is 1. The molecule has 0 radical (unpaired) electrons. The minimum Gasteiger partial charge on any atom is -0.393 e. The van der Waals surface area contributed by atoms with E-state index in [1.807, 2.05) is 0 Å². The van der Waals surface area contributed by atoms with Gasteiger partial charge in [-0.2, -0.15) is 0 Å². The molecule has 0 unspecified atom stereocenters. The minimum atomic E-state index is -0.0415. The second-order valence-corrected chi connectivity index (χ2v) is 9.10. The molecule has 0 spiro atoms. The Morgan fingerprint density at radius 3 is 2.67 bits per heavy atom. The van der Waals surface area contributed by atoms with Crippen molar-refractivity contribution >= 4 is 0 Å². The van der Waals surface area contributed by atoms with E-state index in [2.05, 4.69) is 26.8 Å². The van der Waals surface area contributed by atoms with Crippen molar-refractivity contribution in [3.05, 3.63) is 11.6 Å². The first-order valence-electron chi connectivity index (χ1n) is 9.36. The highest BCUT2D eigenvalue weighted by Gasteiger charge is 2.59. The highest BCUT2D eigenvalue weighted by molar-refractivity contribution is 5.25. The lowest BCUT2D eigenvalue weighted by Crippen LogP contribution is -2.52. The van der Waals surface area contributed by atoms with Gasteiger partial charge in [0.15, 0.2) is 0 Å². The van der Waals surface area contributed by atoms with Crippen LogP contribution in [0.25, 0.3) is 0 Å². The van der Waals surface area contributed by atoms with Gasteiger partial charge in [-0.1, -0.05) is 38.8 Å². The molecular weight excluding hydrogens is 256 g/mol. The second kappa shape index (κ2) is 4.60. The van der Waals surface area contributed by atoms with E-state index in [0.717, 1.165) is 30.1 Å². The van der Waals surface area contributed by atoms with Crippen molar-refractivity contribution in [3.63, 3.8) is 0 Å². The van der Waals surface area contributed by atoms with Crippen molar-refractivity contribution in [3.8, 4) is 0 Å². The van der Waals surface area contributed by atoms with Gasteiger partial charge in [-0.3, -0.25) is 0 Å². The number of allylic oxidation sites excluding steroid dienone is 2. The third-order valence-electron chi connectivity index (χ3n) is 8.30. The Hall–Kier alpha value is -0.300. The molecule has 0 saturated heterocycles. The van der Waals surface area contributed by atoms with E-state index in [1.165, 1.54) is 44.9 Å². The molecule has 0 heterocycles. The lowest BCUT2D eigenvalue weighted by atomic mass is 9.46. The topological polar surface area (TPSA) is 20.2 Å². The van der Waals surface area contributed by atoms with Gasteiger partial charge in [-0.25, -0.2) is 0 Å². The zero-order valence-corrected chi connectivity index (χ0v) is 14.1. The van der Waals surface area contributed by atoms with Crippen molar-refractivity contribution in [2.75, 3.05) is 0 Å². The average molecular weight is 288 g/mol. The Kier molecular flexibility index (Phi) is 3.13. The first kappa shape index (κ1) is 14.3. The lowest BCUT2D eigenvalue weighted by molar-refractivity contribution is -0.0799. The van der Waals surface area contributed by atoms with Crippen LogP contribution in [0.3, 0.4) is 0 Å². The third kappa shape index (κ3) is 1.79. The normalized spacial score (nSPS) is 56.2. The van der Waals surface area contributed by atoms with Gasteiger partial charge in [0.2, 0.25) is 0 Å². The Morgan fingerprint density at radius 2 is 1.86 bits per heavy atom. The van der Waals surface area contributed by atoms with Crippen LogP contribution in [0.2, 0.25) is 0 Å². The molecule has 0 aromatic rings. The average Bonchev–Trinajstić information content (AvgIpc) is 2.76. The minimum absolute atomic E-state index is 0.0415. The molecular formula is C20H32O. The fraction of sp³-hybridized carbons (Fsp3) is 0.900. The van der Waals surface area contributed by atoms with Crippen LogP contribution in [0.15, 0.2) is 11.6 Å². The van der Waals surface area contributed by atoms with Crippen LogP contribution in [0, 0.1) is 34.5 Å². The molecule has 0 aromatic carbocycles. The Balaban J connectivity index is 1.75. The molecule has 118 valence electrons. The van der Waals surface area contributed by atoms with Gasteiger partial charge in [0.1, 0.15) is 0 Å². The number of hydrogen-bond donors (Lipinski definition) is 1. The summed E-state index contributed by atoms with van der Waals surface area (Å²) in [6.45, 7) is 7.44. The first-order valence-corrected chi connectivity index (χ1v) is 9.36. The second-order valence-electron chi connectivity index (χ2n) is 9.10. The van der Waals surface area contributed by atoms with E-state index in [-0.39, 0.29) is 11.5 Å². The largest absolute Gasteiger partial charge is 0.393 e. The maximum atomic E-state index is 10.5. The van der Waals surface area contributed by atoms with Crippen LogP contribution in [-0.2, 0) is 0 Å². The van der Waals surface area contributed by atoms with Gasteiger partial charge >= 0.3 is 0 Å². The van der Waals surface area contributed by atoms with E-state index in [1.54, 1.807) is 5.57 Å².